The van der Waals surface area contributed by atoms with E-state index < -0.39 is 34.8 Å². The van der Waals surface area contributed by atoms with Gasteiger partial charge in [-0.3, -0.25) is 24.5 Å². The lowest BCUT2D eigenvalue weighted by Crippen LogP contribution is -2.67. The number of imide groups is 1. The molecular weight excluding hydrogens is 471 g/mol. The van der Waals surface area contributed by atoms with Crippen molar-refractivity contribution < 1.29 is 28.7 Å². The summed E-state index contributed by atoms with van der Waals surface area (Å²) in [5, 5.41) is 2.11. The average Bonchev–Trinajstić information content (AvgIpc) is 3.24. The van der Waals surface area contributed by atoms with Crippen molar-refractivity contribution in [3.05, 3.63) is 64.7 Å². The normalized spacial score (nSPS) is 25.7. The van der Waals surface area contributed by atoms with Crippen LogP contribution in [0.1, 0.15) is 27.0 Å². The van der Waals surface area contributed by atoms with Crippen LogP contribution in [0.5, 0.6) is 5.75 Å². The van der Waals surface area contributed by atoms with E-state index in [-0.39, 0.29) is 25.7 Å². The molecule has 0 bridgehead atoms. The SMILES string of the molecule is [B]C1C(=O)NC(=O)C([B])(N2Cc3c(OCc4ccc(CN5CCOCC5=O)cc4)cccc3C2=O)C1[B]. The quantitative estimate of drug-likeness (QED) is 0.450. The second-order valence-corrected chi connectivity index (χ2v) is 9.34. The summed E-state index contributed by atoms with van der Waals surface area (Å²) in [6.45, 7) is 1.92. The molecule has 4 amide bonds. The van der Waals surface area contributed by atoms with E-state index >= 15 is 0 Å². The molecule has 2 aromatic carbocycles. The van der Waals surface area contributed by atoms with Crippen LogP contribution in [0.15, 0.2) is 42.5 Å². The Morgan fingerprint density at radius 2 is 1.78 bits per heavy atom. The topological polar surface area (TPSA) is 105 Å². The summed E-state index contributed by atoms with van der Waals surface area (Å²) in [5.74, 6) is -4.23. The number of hydrogen-bond donors (Lipinski definition) is 1. The summed E-state index contributed by atoms with van der Waals surface area (Å²) in [7, 11) is 18.3. The zero-order valence-corrected chi connectivity index (χ0v) is 20.0. The van der Waals surface area contributed by atoms with Gasteiger partial charge in [-0.05, 0) is 29.1 Å². The summed E-state index contributed by atoms with van der Waals surface area (Å²) < 4.78 is 11.2. The van der Waals surface area contributed by atoms with Gasteiger partial charge in [0.2, 0.25) is 17.7 Å². The maximum Gasteiger partial charge on any atom is 0.254 e. The van der Waals surface area contributed by atoms with Crippen molar-refractivity contribution in [1.82, 2.24) is 15.1 Å². The van der Waals surface area contributed by atoms with Gasteiger partial charge in [-0.15, -0.1) is 0 Å². The van der Waals surface area contributed by atoms with Crippen LogP contribution in [0.3, 0.4) is 0 Å². The van der Waals surface area contributed by atoms with Crippen molar-refractivity contribution in [3.8, 4) is 5.75 Å². The third-order valence-electron chi connectivity index (χ3n) is 7.04. The number of carbonyl (C=O) groups excluding carboxylic acids is 4. The number of nitrogens with zero attached hydrogens (tertiary/aromatic N) is 2. The van der Waals surface area contributed by atoms with Crippen LogP contribution in [0.4, 0.5) is 0 Å². The summed E-state index contributed by atoms with van der Waals surface area (Å²) >= 11 is 0. The minimum Gasteiger partial charge on any atom is -0.489 e. The molecule has 12 heteroatoms. The molecule has 3 atom stereocenters. The van der Waals surface area contributed by atoms with E-state index in [1.807, 2.05) is 24.3 Å². The molecule has 182 valence electrons. The summed E-state index contributed by atoms with van der Waals surface area (Å²) in [6.07, 6.45) is 0. The maximum atomic E-state index is 13.2. The van der Waals surface area contributed by atoms with E-state index in [2.05, 4.69) is 5.32 Å². The van der Waals surface area contributed by atoms with Crippen LogP contribution in [0.25, 0.3) is 0 Å². The van der Waals surface area contributed by atoms with E-state index in [9.17, 15) is 19.2 Å². The van der Waals surface area contributed by atoms with Gasteiger partial charge in [-0.25, -0.2) is 0 Å². The Balaban J connectivity index is 1.28. The van der Waals surface area contributed by atoms with Gasteiger partial charge in [-0.2, -0.15) is 0 Å². The lowest BCUT2D eigenvalue weighted by molar-refractivity contribution is -0.143. The summed E-state index contributed by atoms with van der Waals surface area (Å²) in [4.78, 5) is 52.6. The number of hydrogen-bond acceptors (Lipinski definition) is 6. The van der Waals surface area contributed by atoms with Crippen LogP contribution in [0, 0.1) is 0 Å². The minimum absolute atomic E-state index is 0.0281. The number of piperidine rings is 1. The zero-order chi connectivity index (χ0) is 26.3. The van der Waals surface area contributed by atoms with Gasteiger partial charge >= 0.3 is 0 Å². The van der Waals surface area contributed by atoms with E-state index in [0.29, 0.717) is 36.6 Å². The average molecular weight is 493 g/mol. The molecule has 1 N–H and O–H groups in total. The third kappa shape index (κ3) is 4.43. The van der Waals surface area contributed by atoms with Crippen LogP contribution < -0.4 is 10.1 Å². The van der Waals surface area contributed by atoms with E-state index in [1.165, 1.54) is 0 Å². The van der Waals surface area contributed by atoms with Crippen molar-refractivity contribution in [2.75, 3.05) is 19.8 Å². The first kappa shape index (κ1) is 25.1. The van der Waals surface area contributed by atoms with Gasteiger partial charge < -0.3 is 19.3 Å². The lowest BCUT2D eigenvalue weighted by Gasteiger charge is -2.48. The highest BCUT2D eigenvalue weighted by molar-refractivity contribution is 6.43. The van der Waals surface area contributed by atoms with Crippen molar-refractivity contribution in [3.63, 3.8) is 0 Å². The fourth-order valence-electron chi connectivity index (χ4n) is 4.76. The molecule has 0 spiro atoms. The molecule has 3 aliphatic rings. The summed E-state index contributed by atoms with van der Waals surface area (Å²) in [5.41, 5.74) is 0.777. The van der Waals surface area contributed by atoms with Crippen LogP contribution >= 0.6 is 0 Å². The lowest BCUT2D eigenvalue weighted by atomic mass is 9.48. The smallest absolute Gasteiger partial charge is 0.254 e. The molecule has 9 nitrogen and oxygen atoms in total. The molecule has 0 saturated carbocycles. The van der Waals surface area contributed by atoms with Crippen molar-refractivity contribution >= 4 is 47.2 Å². The number of fused-ring (bicyclic) bond motifs is 1. The number of carbonyl (C=O) groups is 4. The highest BCUT2D eigenvalue weighted by Crippen LogP contribution is 2.42. The van der Waals surface area contributed by atoms with Gasteiger partial charge in [0.15, 0.2) is 0 Å². The van der Waals surface area contributed by atoms with Gasteiger partial charge in [0.05, 0.1) is 34.3 Å². The van der Waals surface area contributed by atoms with Crippen LogP contribution in [-0.2, 0) is 38.8 Å². The molecule has 3 heterocycles. The largest absolute Gasteiger partial charge is 0.489 e. The van der Waals surface area contributed by atoms with E-state index in [1.54, 1.807) is 23.1 Å². The van der Waals surface area contributed by atoms with Gasteiger partial charge in [-0.1, -0.05) is 36.1 Å². The van der Waals surface area contributed by atoms with E-state index in [0.717, 1.165) is 16.0 Å². The van der Waals surface area contributed by atoms with Crippen molar-refractivity contribution in [2.24, 2.45) is 0 Å². The molecule has 5 rings (SSSR count). The fraction of sp³-hybridized carbons (Fsp3) is 0.360. The zero-order valence-electron chi connectivity index (χ0n) is 20.0. The minimum atomic E-state index is -2.00. The molecule has 2 fully saturated rings. The number of morpholine rings is 1. The monoisotopic (exact) mass is 493 g/mol. The first-order chi connectivity index (χ1) is 17.7. The molecular formula is C25H22B3N3O6. The van der Waals surface area contributed by atoms with E-state index in [4.69, 9.17) is 33.0 Å². The van der Waals surface area contributed by atoms with Crippen LogP contribution in [0.2, 0.25) is 11.6 Å². The fourth-order valence-corrected chi connectivity index (χ4v) is 4.76. The third-order valence-corrected chi connectivity index (χ3v) is 7.04. The Labute approximate surface area is 218 Å². The summed E-state index contributed by atoms with van der Waals surface area (Å²) in [6, 6.07) is 12.7. The van der Waals surface area contributed by atoms with Gasteiger partial charge in [0, 0.05) is 24.2 Å². The highest BCUT2D eigenvalue weighted by atomic mass is 16.5. The second kappa shape index (κ2) is 9.74. The van der Waals surface area contributed by atoms with Crippen molar-refractivity contribution in [2.45, 2.75) is 36.8 Å². The molecule has 3 aliphatic heterocycles. The molecule has 6 radical (unpaired) electrons. The molecule has 0 aromatic heterocycles. The molecule has 2 saturated heterocycles. The number of benzene rings is 2. The molecule has 0 aliphatic carbocycles. The first-order valence-electron chi connectivity index (χ1n) is 11.9. The Bertz CT molecular complexity index is 1270. The molecule has 3 unspecified atom stereocenters. The Morgan fingerprint density at radius 1 is 1.05 bits per heavy atom. The maximum absolute atomic E-state index is 13.2. The number of ether oxygens (including phenoxy) is 2. The highest BCUT2D eigenvalue weighted by Gasteiger charge is 2.54. The van der Waals surface area contributed by atoms with Crippen LogP contribution in [-0.4, -0.2) is 82.2 Å². The van der Waals surface area contributed by atoms with Gasteiger partial charge in [0.25, 0.3) is 5.91 Å². The first-order valence-corrected chi connectivity index (χ1v) is 11.9. The predicted octanol–water partition coefficient (Wildman–Crippen LogP) is 0.0154. The molecule has 2 aromatic rings. The molecule has 37 heavy (non-hydrogen) atoms. The Kier molecular flexibility index (Phi) is 6.62. The number of nitrogens with one attached hydrogen (secondary N) is 1. The second-order valence-electron chi connectivity index (χ2n) is 9.34. The van der Waals surface area contributed by atoms with Crippen molar-refractivity contribution in [1.29, 1.82) is 0 Å². The number of amides is 4. The predicted molar refractivity (Wildman–Crippen MR) is 134 cm³/mol. The Morgan fingerprint density at radius 3 is 2.51 bits per heavy atom. The Hall–Kier alpha value is -3.53. The number of rotatable bonds is 6. The van der Waals surface area contributed by atoms with Gasteiger partial charge in [0.1, 0.15) is 26.8 Å². The standard InChI is InChI=1S/C25H22B3N3O6/c26-20-21(27)25(28,24(35)29-22(20)33)31-11-17-16(23(31)34)2-1-3-18(17)37-12-15-6-4-14(5-7-15)10-30-8-9-36-13-19(30)32/h1-7,20-21H,8-13H2,(H,29,33,35).